The van der Waals surface area contributed by atoms with Crippen LogP contribution in [-0.2, 0) is 21.1 Å². The van der Waals surface area contributed by atoms with Crippen LogP contribution in [0.4, 0.5) is 0 Å². The minimum Gasteiger partial charge on any atom is -0.591 e. The number of fused-ring (bicyclic) bond motifs is 1. The summed E-state index contributed by atoms with van der Waals surface area (Å²) in [5, 5.41) is 1.11. The van der Waals surface area contributed by atoms with Crippen molar-refractivity contribution in [3.63, 3.8) is 0 Å². The maximum Gasteiger partial charge on any atom is 0 e. The third kappa shape index (κ3) is 1.14. The van der Waals surface area contributed by atoms with Crippen molar-refractivity contribution in [1.82, 2.24) is 0 Å². The normalized spacial score (nSPS) is 9.20. The molecule has 1 aromatic heterocycles. The number of benzene rings is 1. The molecule has 10 heavy (non-hydrogen) atoms. The first-order valence-electron chi connectivity index (χ1n) is 2.81. The van der Waals surface area contributed by atoms with Crippen molar-refractivity contribution in [3.05, 3.63) is 36.6 Å². The van der Waals surface area contributed by atoms with Gasteiger partial charge in [-0.05, 0) is 11.8 Å². The molecule has 0 fully saturated rings. The third-order valence-corrected chi connectivity index (χ3v) is 1.30. The van der Waals surface area contributed by atoms with E-state index in [0.29, 0.717) is 0 Å². The van der Waals surface area contributed by atoms with Crippen LogP contribution in [0.1, 0.15) is 0 Å². The summed E-state index contributed by atoms with van der Waals surface area (Å²) in [6.07, 6.45) is 2.66. The summed E-state index contributed by atoms with van der Waals surface area (Å²) in [6, 6.07) is 9.67. The van der Waals surface area contributed by atoms with E-state index in [9.17, 15) is 0 Å². The van der Waals surface area contributed by atoms with E-state index in [0.717, 1.165) is 11.0 Å². The van der Waals surface area contributed by atoms with Crippen LogP contribution in [0.2, 0.25) is 0 Å². The quantitative estimate of drug-likeness (QED) is 0.680. The summed E-state index contributed by atoms with van der Waals surface area (Å²) in [5.74, 6) is 0. The van der Waals surface area contributed by atoms with Crippen molar-refractivity contribution in [1.29, 1.82) is 0 Å². The van der Waals surface area contributed by atoms with Crippen molar-refractivity contribution in [2.24, 2.45) is 0 Å². The van der Waals surface area contributed by atoms with Gasteiger partial charge in [0.05, 0.1) is 0 Å². The van der Waals surface area contributed by atoms with Gasteiger partial charge in [-0.25, -0.2) is 0 Å². The van der Waals surface area contributed by atoms with E-state index >= 15 is 0 Å². The molecular formula is C8H5OW-. The summed E-state index contributed by atoms with van der Waals surface area (Å²) >= 11 is 0. The first-order valence-corrected chi connectivity index (χ1v) is 2.81. The summed E-state index contributed by atoms with van der Waals surface area (Å²) < 4.78 is 4.99. The zero-order valence-electron chi connectivity index (χ0n) is 5.20. The standard InChI is InChI=1S/C8H5O.W/c1-2-4-8-7(3-1)5-6-9-8;/h1-5H;/q-1;. The second kappa shape index (κ2) is 3.02. The predicted molar refractivity (Wildman–Crippen MR) is 35.1 cm³/mol. The smallest absolute Gasteiger partial charge is 0 e. The zero-order valence-corrected chi connectivity index (χ0v) is 8.14. The molecular weight excluding hydrogens is 296 g/mol. The van der Waals surface area contributed by atoms with Crippen LogP contribution in [0.3, 0.4) is 0 Å². The Balaban J connectivity index is 0.000000500. The van der Waals surface area contributed by atoms with E-state index in [2.05, 4.69) is 6.26 Å². The molecule has 0 saturated heterocycles. The summed E-state index contributed by atoms with van der Waals surface area (Å²) in [7, 11) is 0. The molecule has 0 bridgehead atoms. The van der Waals surface area contributed by atoms with Gasteiger partial charge >= 0.3 is 0 Å². The Hall–Kier alpha value is -0.552. The van der Waals surface area contributed by atoms with Crippen LogP contribution < -0.4 is 0 Å². The fourth-order valence-corrected chi connectivity index (χ4v) is 0.849. The molecule has 0 radical (unpaired) electrons. The van der Waals surface area contributed by atoms with Gasteiger partial charge in [-0.15, -0.1) is 17.5 Å². The number of para-hydroxylation sites is 1. The van der Waals surface area contributed by atoms with Gasteiger partial charge in [0, 0.05) is 21.1 Å². The van der Waals surface area contributed by atoms with Crippen molar-refractivity contribution < 1.29 is 25.5 Å². The molecule has 0 N–H and O–H groups in total. The van der Waals surface area contributed by atoms with E-state index < -0.39 is 0 Å². The minimum atomic E-state index is 0. The Bertz CT molecular complexity index is 283. The largest absolute Gasteiger partial charge is 0.591 e. The van der Waals surface area contributed by atoms with E-state index in [1.54, 1.807) is 0 Å². The molecule has 0 unspecified atom stereocenters. The molecule has 0 atom stereocenters. The summed E-state index contributed by atoms with van der Waals surface area (Å²) in [5.41, 5.74) is 0.900. The molecule has 0 saturated carbocycles. The van der Waals surface area contributed by atoms with Gasteiger partial charge in [-0.1, -0.05) is 18.2 Å². The predicted octanol–water partition coefficient (Wildman–Crippen LogP) is 2.23. The first kappa shape index (κ1) is 7.55. The number of furan rings is 1. The van der Waals surface area contributed by atoms with Crippen LogP contribution in [0.5, 0.6) is 0 Å². The van der Waals surface area contributed by atoms with Gasteiger partial charge < -0.3 is 4.42 Å². The minimum absolute atomic E-state index is 0. The molecule has 1 nitrogen and oxygen atoms in total. The number of rotatable bonds is 0. The number of hydrogen-bond acceptors (Lipinski definition) is 1. The fraction of sp³-hybridized carbons (Fsp3) is 0. The number of hydrogen-bond donors (Lipinski definition) is 0. The van der Waals surface area contributed by atoms with E-state index in [1.807, 2.05) is 30.3 Å². The van der Waals surface area contributed by atoms with Crippen LogP contribution in [-0.4, -0.2) is 0 Å². The van der Waals surface area contributed by atoms with Crippen molar-refractivity contribution in [3.8, 4) is 0 Å². The Morgan fingerprint density at radius 2 is 2.00 bits per heavy atom. The molecule has 2 heteroatoms. The van der Waals surface area contributed by atoms with Crippen molar-refractivity contribution >= 4 is 11.0 Å². The topological polar surface area (TPSA) is 13.1 Å². The average molecular weight is 301 g/mol. The molecule has 50 valence electrons. The Morgan fingerprint density at radius 3 is 2.80 bits per heavy atom. The molecule has 0 spiro atoms. The van der Waals surface area contributed by atoms with Gasteiger partial charge in [-0.3, -0.25) is 0 Å². The second-order valence-corrected chi connectivity index (χ2v) is 1.90. The molecule has 2 rings (SSSR count). The van der Waals surface area contributed by atoms with Gasteiger partial charge in [-0.2, -0.15) is 0 Å². The third-order valence-electron chi connectivity index (χ3n) is 1.30. The van der Waals surface area contributed by atoms with Crippen LogP contribution >= 0.6 is 0 Å². The average Bonchev–Trinajstić information content (AvgIpc) is 2.33. The first-order chi connectivity index (χ1) is 4.47. The monoisotopic (exact) mass is 301 g/mol. The van der Waals surface area contributed by atoms with E-state index in [1.165, 1.54) is 0 Å². The fourth-order valence-electron chi connectivity index (χ4n) is 0.849. The van der Waals surface area contributed by atoms with Crippen molar-refractivity contribution in [2.75, 3.05) is 0 Å². The van der Waals surface area contributed by atoms with E-state index in [4.69, 9.17) is 4.42 Å². The van der Waals surface area contributed by atoms with Gasteiger partial charge in [0.15, 0.2) is 0 Å². The molecule has 0 amide bonds. The maximum absolute atomic E-state index is 4.99. The summed E-state index contributed by atoms with van der Waals surface area (Å²) in [6.45, 7) is 0. The van der Waals surface area contributed by atoms with Gasteiger partial charge in [0.25, 0.3) is 0 Å². The van der Waals surface area contributed by atoms with Crippen LogP contribution in [0.25, 0.3) is 11.0 Å². The molecule has 0 aliphatic heterocycles. The second-order valence-electron chi connectivity index (χ2n) is 1.90. The molecule has 0 aliphatic rings. The van der Waals surface area contributed by atoms with Gasteiger partial charge in [0.1, 0.15) is 0 Å². The molecule has 1 aromatic carbocycles. The Kier molecular flexibility index (Phi) is 2.28. The molecule has 0 aliphatic carbocycles. The maximum atomic E-state index is 4.99. The van der Waals surface area contributed by atoms with E-state index in [-0.39, 0.29) is 21.1 Å². The SMILES string of the molecule is [W].[c-]1cc2ccccc2o1. The Morgan fingerprint density at radius 1 is 1.20 bits per heavy atom. The van der Waals surface area contributed by atoms with Crippen LogP contribution in [0.15, 0.2) is 34.7 Å². The molecule has 2 aromatic rings. The Labute approximate surface area is 73.3 Å². The van der Waals surface area contributed by atoms with Crippen molar-refractivity contribution in [2.45, 2.75) is 0 Å². The zero-order chi connectivity index (χ0) is 6.10. The molecule has 1 heterocycles. The summed E-state index contributed by atoms with van der Waals surface area (Å²) in [4.78, 5) is 0. The van der Waals surface area contributed by atoms with Crippen LogP contribution in [0, 0.1) is 6.26 Å². The van der Waals surface area contributed by atoms with Gasteiger partial charge in [0.2, 0.25) is 0 Å².